The van der Waals surface area contributed by atoms with E-state index in [1.165, 1.54) is 0 Å². The normalized spacial score (nSPS) is 10.9. The third-order valence-electron chi connectivity index (χ3n) is 2.88. The number of nitrogens with zero attached hydrogens (tertiary/aromatic N) is 3. The van der Waals surface area contributed by atoms with Crippen molar-refractivity contribution >= 4 is 11.6 Å². The monoisotopic (exact) mass is 253 g/mol. The first-order valence-corrected chi connectivity index (χ1v) is 6.20. The van der Waals surface area contributed by atoms with Crippen molar-refractivity contribution in [2.75, 3.05) is 40.0 Å². The Labute approximate surface area is 108 Å². The number of hydrogen-bond donors (Lipinski definition) is 2. The Morgan fingerprint density at radius 3 is 2.50 bits per heavy atom. The van der Waals surface area contributed by atoms with Crippen molar-refractivity contribution in [2.24, 2.45) is 0 Å². The predicted octanol–water partition coefficient (Wildman–Crippen LogP) is 0.578. The summed E-state index contributed by atoms with van der Waals surface area (Å²) in [5.74, 6) is -0.123. The summed E-state index contributed by atoms with van der Waals surface area (Å²) in [4.78, 5) is 15.9. The number of hydrogen-bond acceptors (Lipinski definition) is 4. The third-order valence-corrected chi connectivity index (χ3v) is 2.88. The minimum absolute atomic E-state index is 0.123. The molecular formula is C12H23N5O. The second kappa shape index (κ2) is 6.39. The molecule has 1 aromatic heterocycles. The first-order valence-electron chi connectivity index (χ1n) is 6.20. The van der Waals surface area contributed by atoms with E-state index >= 15 is 0 Å². The highest BCUT2D eigenvalue weighted by atomic mass is 16.2. The largest absolute Gasteiger partial charge is 0.395 e. The summed E-state index contributed by atoms with van der Waals surface area (Å²) < 4.78 is 0. The van der Waals surface area contributed by atoms with Gasteiger partial charge in [0, 0.05) is 13.6 Å². The van der Waals surface area contributed by atoms with Crippen LogP contribution in [0.1, 0.15) is 29.5 Å². The number of nitrogens with two attached hydrogens (primary N) is 1. The van der Waals surface area contributed by atoms with Crippen LogP contribution in [0.4, 0.5) is 5.69 Å². The SMILES string of the molecule is CCc1[nH]nc(C(=O)N(C)CCCN(C)C)c1N. The quantitative estimate of drug-likeness (QED) is 0.777. The molecule has 1 heterocycles. The van der Waals surface area contributed by atoms with E-state index in [0.717, 1.165) is 25.1 Å². The van der Waals surface area contributed by atoms with Gasteiger partial charge in [0.05, 0.1) is 11.4 Å². The zero-order valence-corrected chi connectivity index (χ0v) is 11.7. The maximum atomic E-state index is 12.1. The molecule has 0 aliphatic heterocycles. The number of nitrogens with one attached hydrogen (secondary N) is 1. The molecule has 0 bridgehead atoms. The fourth-order valence-corrected chi connectivity index (χ4v) is 1.73. The van der Waals surface area contributed by atoms with Crippen LogP contribution in [0.15, 0.2) is 0 Å². The molecule has 102 valence electrons. The van der Waals surface area contributed by atoms with E-state index in [0.29, 0.717) is 17.9 Å². The van der Waals surface area contributed by atoms with Gasteiger partial charge >= 0.3 is 0 Å². The lowest BCUT2D eigenvalue weighted by Crippen LogP contribution is -2.30. The van der Waals surface area contributed by atoms with Gasteiger partial charge in [-0.1, -0.05) is 6.92 Å². The Bertz CT molecular complexity index is 399. The number of nitrogen functional groups attached to an aromatic ring is 1. The van der Waals surface area contributed by atoms with Crippen LogP contribution in [-0.2, 0) is 6.42 Å². The molecule has 0 saturated heterocycles. The number of aromatic nitrogens is 2. The van der Waals surface area contributed by atoms with Crippen molar-refractivity contribution in [1.82, 2.24) is 20.0 Å². The number of rotatable bonds is 6. The van der Waals surface area contributed by atoms with E-state index in [4.69, 9.17) is 5.73 Å². The van der Waals surface area contributed by atoms with Gasteiger partial charge in [-0.25, -0.2) is 0 Å². The average molecular weight is 253 g/mol. The van der Waals surface area contributed by atoms with E-state index in [1.807, 2.05) is 21.0 Å². The lowest BCUT2D eigenvalue weighted by Gasteiger charge is -2.17. The van der Waals surface area contributed by atoms with Crippen molar-refractivity contribution in [3.05, 3.63) is 11.4 Å². The molecule has 0 saturated carbocycles. The van der Waals surface area contributed by atoms with E-state index in [2.05, 4.69) is 15.1 Å². The van der Waals surface area contributed by atoms with Crippen LogP contribution in [-0.4, -0.2) is 60.1 Å². The number of carbonyl (C=O) groups is 1. The molecule has 6 nitrogen and oxygen atoms in total. The first kappa shape index (κ1) is 14.5. The molecule has 0 aliphatic carbocycles. The maximum absolute atomic E-state index is 12.1. The van der Waals surface area contributed by atoms with Gasteiger partial charge in [0.25, 0.3) is 5.91 Å². The van der Waals surface area contributed by atoms with Crippen LogP contribution in [0.5, 0.6) is 0 Å². The van der Waals surface area contributed by atoms with Crippen molar-refractivity contribution in [2.45, 2.75) is 19.8 Å². The number of aryl methyl sites for hydroxylation is 1. The Morgan fingerprint density at radius 1 is 1.33 bits per heavy atom. The molecule has 0 unspecified atom stereocenters. The molecule has 18 heavy (non-hydrogen) atoms. The summed E-state index contributed by atoms with van der Waals surface area (Å²) in [5.41, 5.74) is 7.51. The van der Waals surface area contributed by atoms with Crippen LogP contribution >= 0.6 is 0 Å². The maximum Gasteiger partial charge on any atom is 0.276 e. The Kier molecular flexibility index (Phi) is 5.15. The second-order valence-corrected chi connectivity index (χ2v) is 4.70. The van der Waals surface area contributed by atoms with Gasteiger partial charge in [-0.05, 0) is 33.5 Å². The van der Waals surface area contributed by atoms with Gasteiger partial charge in [0.1, 0.15) is 0 Å². The third kappa shape index (κ3) is 3.46. The Hall–Kier alpha value is -1.56. The first-order chi connectivity index (χ1) is 8.47. The molecule has 0 aromatic carbocycles. The fourth-order valence-electron chi connectivity index (χ4n) is 1.73. The topological polar surface area (TPSA) is 78.2 Å². The van der Waals surface area contributed by atoms with Gasteiger partial charge in [-0.15, -0.1) is 0 Å². The molecule has 0 aliphatic rings. The molecule has 1 rings (SSSR count). The van der Waals surface area contributed by atoms with E-state index in [9.17, 15) is 4.79 Å². The van der Waals surface area contributed by atoms with Crippen molar-refractivity contribution in [3.8, 4) is 0 Å². The average Bonchev–Trinajstić information content (AvgIpc) is 2.68. The van der Waals surface area contributed by atoms with E-state index in [-0.39, 0.29) is 5.91 Å². The lowest BCUT2D eigenvalue weighted by molar-refractivity contribution is 0.0786. The summed E-state index contributed by atoms with van der Waals surface area (Å²) in [6.45, 7) is 3.62. The zero-order valence-electron chi connectivity index (χ0n) is 11.7. The molecule has 6 heteroatoms. The molecule has 3 N–H and O–H groups in total. The van der Waals surface area contributed by atoms with Crippen LogP contribution in [0.3, 0.4) is 0 Å². The van der Waals surface area contributed by atoms with Crippen molar-refractivity contribution in [1.29, 1.82) is 0 Å². The van der Waals surface area contributed by atoms with E-state index in [1.54, 1.807) is 11.9 Å². The van der Waals surface area contributed by atoms with Crippen LogP contribution in [0, 0.1) is 0 Å². The highest BCUT2D eigenvalue weighted by Crippen LogP contribution is 2.15. The number of anilines is 1. The van der Waals surface area contributed by atoms with Gasteiger partial charge in [0.15, 0.2) is 5.69 Å². The van der Waals surface area contributed by atoms with Gasteiger partial charge in [-0.2, -0.15) is 5.10 Å². The van der Waals surface area contributed by atoms with Crippen LogP contribution in [0.2, 0.25) is 0 Å². The summed E-state index contributed by atoms with van der Waals surface area (Å²) in [7, 11) is 5.81. The predicted molar refractivity (Wildman–Crippen MR) is 72.5 cm³/mol. The van der Waals surface area contributed by atoms with Gasteiger partial charge in [-0.3, -0.25) is 9.89 Å². The standard InChI is InChI=1S/C12H23N5O/c1-5-9-10(13)11(15-14-9)12(18)17(4)8-6-7-16(2)3/h5-8,13H2,1-4H3,(H,14,15). The molecule has 1 amide bonds. The molecular weight excluding hydrogens is 230 g/mol. The Morgan fingerprint density at radius 2 is 2.00 bits per heavy atom. The Balaban J connectivity index is 2.60. The summed E-state index contributed by atoms with van der Waals surface area (Å²) in [6.07, 6.45) is 1.68. The molecule has 0 radical (unpaired) electrons. The molecule has 0 fully saturated rings. The molecule has 1 aromatic rings. The molecule has 0 atom stereocenters. The second-order valence-electron chi connectivity index (χ2n) is 4.70. The fraction of sp³-hybridized carbons (Fsp3) is 0.667. The lowest BCUT2D eigenvalue weighted by atomic mass is 10.2. The van der Waals surface area contributed by atoms with Crippen molar-refractivity contribution in [3.63, 3.8) is 0 Å². The van der Waals surface area contributed by atoms with E-state index < -0.39 is 0 Å². The summed E-state index contributed by atoms with van der Waals surface area (Å²) in [6, 6.07) is 0. The summed E-state index contributed by atoms with van der Waals surface area (Å²) in [5, 5.41) is 6.80. The minimum atomic E-state index is -0.123. The minimum Gasteiger partial charge on any atom is -0.395 e. The smallest absolute Gasteiger partial charge is 0.276 e. The number of H-pyrrole nitrogens is 1. The van der Waals surface area contributed by atoms with Crippen LogP contribution < -0.4 is 5.73 Å². The highest BCUT2D eigenvalue weighted by Gasteiger charge is 2.19. The van der Waals surface area contributed by atoms with Gasteiger partial charge < -0.3 is 15.5 Å². The van der Waals surface area contributed by atoms with Crippen molar-refractivity contribution < 1.29 is 4.79 Å². The number of aromatic amines is 1. The summed E-state index contributed by atoms with van der Waals surface area (Å²) >= 11 is 0. The van der Waals surface area contributed by atoms with Crippen LogP contribution in [0.25, 0.3) is 0 Å². The molecule has 0 spiro atoms. The number of carbonyl (C=O) groups excluding carboxylic acids is 1. The highest BCUT2D eigenvalue weighted by molar-refractivity contribution is 5.97. The zero-order chi connectivity index (χ0) is 13.7. The number of amides is 1. The van der Waals surface area contributed by atoms with Gasteiger partial charge in [0.2, 0.25) is 0 Å².